The largest absolute Gasteiger partial charge is 0.466 e. The van der Waals surface area contributed by atoms with Crippen molar-refractivity contribution in [2.24, 2.45) is 4.99 Å². The minimum atomic E-state index is -0.467. The van der Waals surface area contributed by atoms with Gasteiger partial charge in [-0.15, -0.1) is 0 Å². The van der Waals surface area contributed by atoms with Crippen LogP contribution >= 0.6 is 0 Å². The van der Waals surface area contributed by atoms with Gasteiger partial charge in [-0.25, -0.2) is 14.6 Å². The highest BCUT2D eigenvalue weighted by Crippen LogP contribution is 1.99. The Hall–Kier alpha value is -1.41. The van der Waals surface area contributed by atoms with Gasteiger partial charge >= 0.3 is 5.97 Å². The SMILES string of the molecule is C=C(CCN=C=O)C(=O)OC. The van der Waals surface area contributed by atoms with Crippen molar-refractivity contribution in [2.45, 2.75) is 6.42 Å². The molecule has 0 saturated heterocycles. The van der Waals surface area contributed by atoms with Gasteiger partial charge in [0.1, 0.15) is 0 Å². The van der Waals surface area contributed by atoms with Crippen LogP contribution < -0.4 is 0 Å². The van der Waals surface area contributed by atoms with Crippen molar-refractivity contribution in [2.75, 3.05) is 13.7 Å². The maximum Gasteiger partial charge on any atom is 0.333 e. The lowest BCUT2D eigenvalue weighted by atomic mass is 10.2. The Morgan fingerprint density at radius 3 is 2.82 bits per heavy atom. The summed E-state index contributed by atoms with van der Waals surface area (Å²) in [5.41, 5.74) is 0.312. The zero-order valence-electron chi connectivity index (χ0n) is 6.29. The second-order valence-electron chi connectivity index (χ2n) is 1.82. The summed E-state index contributed by atoms with van der Waals surface area (Å²) in [4.78, 5) is 23.5. The van der Waals surface area contributed by atoms with Gasteiger partial charge in [0, 0.05) is 5.57 Å². The molecular weight excluding hydrogens is 146 g/mol. The molecule has 0 atom stereocenters. The van der Waals surface area contributed by atoms with Gasteiger partial charge in [0.2, 0.25) is 6.08 Å². The quantitative estimate of drug-likeness (QED) is 0.256. The van der Waals surface area contributed by atoms with Crippen LogP contribution in [0.1, 0.15) is 6.42 Å². The van der Waals surface area contributed by atoms with E-state index in [1.807, 2.05) is 0 Å². The molecule has 0 aromatic heterocycles. The fraction of sp³-hybridized carbons (Fsp3) is 0.429. The smallest absolute Gasteiger partial charge is 0.333 e. The Morgan fingerprint density at radius 1 is 1.73 bits per heavy atom. The van der Waals surface area contributed by atoms with E-state index in [1.54, 1.807) is 0 Å². The maximum absolute atomic E-state index is 10.6. The van der Waals surface area contributed by atoms with E-state index in [1.165, 1.54) is 13.2 Å². The molecule has 11 heavy (non-hydrogen) atoms. The number of isocyanates is 1. The highest BCUT2D eigenvalue weighted by atomic mass is 16.5. The molecule has 0 bridgehead atoms. The van der Waals surface area contributed by atoms with Crippen molar-refractivity contribution < 1.29 is 14.3 Å². The molecule has 4 nitrogen and oxygen atoms in total. The topological polar surface area (TPSA) is 55.7 Å². The molecule has 0 aromatic carbocycles. The van der Waals surface area contributed by atoms with Crippen molar-refractivity contribution in [3.63, 3.8) is 0 Å². The molecule has 0 saturated carbocycles. The Morgan fingerprint density at radius 2 is 2.36 bits per heavy atom. The minimum absolute atomic E-state index is 0.234. The summed E-state index contributed by atoms with van der Waals surface area (Å²) >= 11 is 0. The predicted molar refractivity (Wildman–Crippen MR) is 38.8 cm³/mol. The summed E-state index contributed by atoms with van der Waals surface area (Å²) in [7, 11) is 1.27. The summed E-state index contributed by atoms with van der Waals surface area (Å²) in [6.07, 6.45) is 1.70. The molecule has 0 fully saturated rings. The number of hydrogen-bond donors (Lipinski definition) is 0. The fourth-order valence-electron chi connectivity index (χ4n) is 0.483. The van der Waals surface area contributed by atoms with E-state index in [0.29, 0.717) is 12.0 Å². The number of methoxy groups -OCH3 is 1. The lowest BCUT2D eigenvalue weighted by molar-refractivity contribution is -0.136. The Labute approximate surface area is 64.6 Å². The summed E-state index contributed by atoms with van der Waals surface area (Å²) < 4.78 is 4.36. The second kappa shape index (κ2) is 5.38. The lowest BCUT2D eigenvalue weighted by Gasteiger charge is -1.98. The normalized spacial score (nSPS) is 8.09. The summed E-state index contributed by atoms with van der Waals surface area (Å²) in [5.74, 6) is -0.467. The van der Waals surface area contributed by atoms with Crippen molar-refractivity contribution >= 4 is 12.0 Å². The molecule has 0 aliphatic rings. The highest BCUT2D eigenvalue weighted by Gasteiger charge is 2.04. The van der Waals surface area contributed by atoms with Crippen molar-refractivity contribution in [3.8, 4) is 0 Å². The van der Waals surface area contributed by atoms with Crippen LogP contribution in [0.5, 0.6) is 0 Å². The molecule has 0 amide bonds. The highest BCUT2D eigenvalue weighted by molar-refractivity contribution is 5.87. The first-order valence-corrected chi connectivity index (χ1v) is 3.02. The first kappa shape index (κ1) is 9.59. The van der Waals surface area contributed by atoms with Gasteiger partial charge in [-0.05, 0) is 6.42 Å². The second-order valence-corrected chi connectivity index (χ2v) is 1.82. The summed E-state index contributed by atoms with van der Waals surface area (Å²) in [6.45, 7) is 3.67. The minimum Gasteiger partial charge on any atom is -0.466 e. The van der Waals surface area contributed by atoms with E-state index in [9.17, 15) is 9.59 Å². The van der Waals surface area contributed by atoms with Crippen LogP contribution in [0, 0.1) is 0 Å². The zero-order chi connectivity index (χ0) is 8.69. The van der Waals surface area contributed by atoms with E-state index in [0.717, 1.165) is 0 Å². The molecule has 0 radical (unpaired) electrons. The van der Waals surface area contributed by atoms with Crippen LogP contribution in [0.3, 0.4) is 0 Å². The predicted octanol–water partition coefficient (Wildman–Crippen LogP) is 0.442. The lowest BCUT2D eigenvalue weighted by Crippen LogP contribution is -2.04. The fourth-order valence-corrected chi connectivity index (χ4v) is 0.483. The van der Waals surface area contributed by atoms with Crippen LogP contribution in [-0.4, -0.2) is 25.7 Å². The van der Waals surface area contributed by atoms with E-state index >= 15 is 0 Å². The molecule has 0 unspecified atom stereocenters. The van der Waals surface area contributed by atoms with Crippen LogP contribution in [-0.2, 0) is 14.3 Å². The monoisotopic (exact) mass is 155 g/mol. The zero-order valence-corrected chi connectivity index (χ0v) is 6.29. The van der Waals surface area contributed by atoms with Crippen LogP contribution in [0.15, 0.2) is 17.1 Å². The number of aliphatic imine (C=N–C) groups is 1. The molecular formula is C7H9NO3. The Bertz CT molecular complexity index is 204. The van der Waals surface area contributed by atoms with Crippen LogP contribution in [0.4, 0.5) is 0 Å². The Kier molecular flexibility index (Phi) is 4.69. The number of carbonyl (C=O) groups is 1. The van der Waals surface area contributed by atoms with E-state index in [2.05, 4.69) is 16.3 Å². The number of rotatable bonds is 4. The molecule has 0 heterocycles. The molecule has 0 aliphatic carbocycles. The van der Waals surface area contributed by atoms with Gasteiger partial charge in [0.25, 0.3) is 0 Å². The molecule has 4 heteroatoms. The van der Waals surface area contributed by atoms with Crippen LogP contribution in [0.25, 0.3) is 0 Å². The summed E-state index contributed by atoms with van der Waals surface area (Å²) in [6, 6.07) is 0. The third-order valence-electron chi connectivity index (χ3n) is 1.06. The van der Waals surface area contributed by atoms with E-state index in [4.69, 9.17) is 0 Å². The molecule has 0 aromatic rings. The number of nitrogens with zero attached hydrogens (tertiary/aromatic N) is 1. The van der Waals surface area contributed by atoms with Crippen molar-refractivity contribution in [1.29, 1.82) is 0 Å². The first-order chi connectivity index (χ1) is 5.22. The standard InChI is InChI=1S/C7H9NO3/c1-6(7(10)11-2)3-4-8-5-9/h1,3-4H2,2H3. The van der Waals surface area contributed by atoms with Gasteiger partial charge in [0.15, 0.2) is 0 Å². The summed E-state index contributed by atoms with van der Waals surface area (Å²) in [5, 5.41) is 0. The van der Waals surface area contributed by atoms with E-state index < -0.39 is 5.97 Å². The third-order valence-corrected chi connectivity index (χ3v) is 1.06. The molecule has 60 valence electrons. The average Bonchev–Trinajstić information content (AvgIpc) is 2.03. The van der Waals surface area contributed by atoms with Gasteiger partial charge < -0.3 is 4.74 Å². The Balaban J connectivity index is 3.69. The third kappa shape index (κ3) is 4.06. The van der Waals surface area contributed by atoms with Gasteiger partial charge in [-0.1, -0.05) is 6.58 Å². The number of carbonyl (C=O) groups excluding carboxylic acids is 2. The number of hydrogen-bond acceptors (Lipinski definition) is 4. The molecule has 0 spiro atoms. The van der Waals surface area contributed by atoms with Crippen molar-refractivity contribution in [1.82, 2.24) is 0 Å². The van der Waals surface area contributed by atoms with Gasteiger partial charge in [-0.3, -0.25) is 0 Å². The first-order valence-electron chi connectivity index (χ1n) is 3.02. The van der Waals surface area contributed by atoms with Gasteiger partial charge in [0.05, 0.1) is 13.7 Å². The molecule has 0 N–H and O–H groups in total. The van der Waals surface area contributed by atoms with Crippen LogP contribution in [0.2, 0.25) is 0 Å². The average molecular weight is 155 g/mol. The molecule has 0 aliphatic heterocycles. The number of esters is 1. The molecule has 0 rings (SSSR count). The van der Waals surface area contributed by atoms with Crippen molar-refractivity contribution in [3.05, 3.63) is 12.2 Å². The maximum atomic E-state index is 10.6. The van der Waals surface area contributed by atoms with E-state index in [-0.39, 0.29) is 6.54 Å². The number of ether oxygens (including phenoxy) is 1. The van der Waals surface area contributed by atoms with Gasteiger partial charge in [-0.2, -0.15) is 0 Å².